The summed E-state index contributed by atoms with van der Waals surface area (Å²) < 4.78 is 36.5. The van der Waals surface area contributed by atoms with Crippen LogP contribution in [0.25, 0.3) is 0 Å². The van der Waals surface area contributed by atoms with Gasteiger partial charge < -0.3 is 14.4 Å². The first-order valence-electron chi connectivity index (χ1n) is 6.00. The third kappa shape index (κ3) is 3.46. The van der Waals surface area contributed by atoms with Gasteiger partial charge in [0.1, 0.15) is 12.2 Å². The van der Waals surface area contributed by atoms with Crippen molar-refractivity contribution in [1.29, 1.82) is 0 Å². The van der Waals surface area contributed by atoms with Gasteiger partial charge in [0, 0.05) is 12.3 Å². The summed E-state index contributed by atoms with van der Waals surface area (Å²) in [4.78, 5) is 24.6. The van der Waals surface area contributed by atoms with E-state index in [0.29, 0.717) is 0 Å². The maximum absolute atomic E-state index is 14.4. The summed E-state index contributed by atoms with van der Waals surface area (Å²) >= 11 is 3.58. The van der Waals surface area contributed by atoms with E-state index in [2.05, 4.69) is 12.2 Å². The molecule has 118 valence electrons. The number of H-pyrrole nitrogens is 1. The molecule has 1 aliphatic heterocycles. The lowest BCUT2D eigenvalue weighted by Crippen LogP contribution is -2.37. The first-order valence-corrected chi connectivity index (χ1v) is 8.60. The van der Waals surface area contributed by atoms with Gasteiger partial charge in [0.2, 0.25) is 7.23 Å². The second-order valence-electron chi connectivity index (χ2n) is 4.54. The monoisotopic (exact) mass is 340 g/mol. The van der Waals surface area contributed by atoms with Gasteiger partial charge in [-0.05, 0) is 6.92 Å². The van der Waals surface area contributed by atoms with Gasteiger partial charge in [0.25, 0.3) is 5.56 Å². The predicted molar refractivity (Wildman–Crippen MR) is 74.7 cm³/mol. The molecule has 21 heavy (non-hydrogen) atoms. The van der Waals surface area contributed by atoms with Crippen molar-refractivity contribution in [3.8, 4) is 0 Å². The largest absolute Gasteiger partial charge is 0.391 e. The van der Waals surface area contributed by atoms with E-state index in [1.807, 2.05) is 4.98 Å². The van der Waals surface area contributed by atoms with Gasteiger partial charge in [0.15, 0.2) is 12.4 Å². The topological polar surface area (TPSA) is 111 Å². The number of rotatable bonds is 4. The van der Waals surface area contributed by atoms with E-state index >= 15 is 0 Å². The molecule has 0 aromatic carbocycles. The highest BCUT2D eigenvalue weighted by atomic mass is 32.7. The molecule has 0 bridgehead atoms. The maximum atomic E-state index is 14.4. The third-order valence-electron chi connectivity index (χ3n) is 3.04. The SMILES string of the molecule is C[C@H](O)[C@H]1O[C@@H](n2ccc(=O)[nH]c2=O)C(F)C1O[PH](=O)S. The van der Waals surface area contributed by atoms with Crippen LogP contribution in [-0.2, 0) is 13.8 Å². The average Bonchev–Trinajstić information content (AvgIpc) is 2.67. The molecule has 2 heterocycles. The summed E-state index contributed by atoms with van der Waals surface area (Å²) in [5.41, 5.74) is -1.50. The Bertz CT molecular complexity index is 649. The molecule has 0 amide bonds. The van der Waals surface area contributed by atoms with E-state index in [-0.39, 0.29) is 0 Å². The number of aromatic amines is 1. The van der Waals surface area contributed by atoms with Crippen molar-refractivity contribution in [3.05, 3.63) is 33.1 Å². The van der Waals surface area contributed by atoms with Gasteiger partial charge in [0.05, 0.1) is 6.10 Å². The molecule has 3 unspecified atom stereocenters. The molecule has 1 aromatic rings. The van der Waals surface area contributed by atoms with E-state index in [4.69, 9.17) is 9.26 Å². The van der Waals surface area contributed by atoms with Crippen molar-refractivity contribution < 1.29 is 23.3 Å². The van der Waals surface area contributed by atoms with Crippen LogP contribution in [-0.4, -0.2) is 39.1 Å². The molecule has 1 aromatic heterocycles. The van der Waals surface area contributed by atoms with Gasteiger partial charge >= 0.3 is 5.69 Å². The second-order valence-corrected chi connectivity index (χ2v) is 6.41. The Kier molecular flexibility index (Phi) is 5.05. The lowest BCUT2D eigenvalue weighted by atomic mass is 10.1. The van der Waals surface area contributed by atoms with Crippen LogP contribution in [0.15, 0.2) is 21.9 Å². The second kappa shape index (κ2) is 6.45. The van der Waals surface area contributed by atoms with Gasteiger partial charge in [-0.25, -0.2) is 9.18 Å². The molecule has 0 spiro atoms. The van der Waals surface area contributed by atoms with Crippen LogP contribution in [0.5, 0.6) is 0 Å². The van der Waals surface area contributed by atoms with Crippen molar-refractivity contribution in [2.75, 3.05) is 0 Å². The molecule has 11 heteroatoms. The van der Waals surface area contributed by atoms with Crippen LogP contribution >= 0.6 is 19.5 Å². The zero-order valence-electron chi connectivity index (χ0n) is 10.8. The standard InChI is InChI=1S/C10H14FN2O6PS/c1-4(14)7-8(19-20(17)21)6(11)9(18-7)13-3-2-5(15)12-10(13)16/h2-4,6-9,14,20H,1H3,(H,17,21)(H,12,15,16)/t4-,6?,7+,8?,9+/m0/s1. The Morgan fingerprint density at radius 1 is 1.62 bits per heavy atom. The molecule has 0 radical (unpaired) electrons. The summed E-state index contributed by atoms with van der Waals surface area (Å²) in [6, 6.07) is 1.03. The highest BCUT2D eigenvalue weighted by molar-refractivity contribution is 8.39. The van der Waals surface area contributed by atoms with E-state index in [1.165, 1.54) is 6.92 Å². The summed E-state index contributed by atoms with van der Waals surface area (Å²) in [6.07, 6.45) is -5.78. The fraction of sp³-hybridized carbons (Fsp3) is 0.600. The molecular formula is C10H14FN2O6PS. The lowest BCUT2D eigenvalue weighted by Gasteiger charge is -2.20. The summed E-state index contributed by atoms with van der Waals surface area (Å²) in [5.74, 6) is 0. The maximum Gasteiger partial charge on any atom is 0.330 e. The Morgan fingerprint density at radius 2 is 2.29 bits per heavy atom. The number of aromatic nitrogens is 2. The number of hydrogen-bond donors (Lipinski definition) is 3. The minimum atomic E-state index is -2.77. The molecule has 0 saturated carbocycles. The average molecular weight is 340 g/mol. The Morgan fingerprint density at radius 3 is 2.81 bits per heavy atom. The number of halogens is 1. The summed E-state index contributed by atoms with van der Waals surface area (Å²) in [6.45, 7) is 1.35. The number of nitrogens with one attached hydrogen (secondary N) is 1. The van der Waals surface area contributed by atoms with Crippen LogP contribution in [0.4, 0.5) is 4.39 Å². The number of thiol groups is 1. The molecule has 0 aliphatic carbocycles. The number of alkyl halides is 1. The first kappa shape index (κ1) is 16.4. The van der Waals surface area contributed by atoms with Crippen molar-refractivity contribution in [1.82, 2.24) is 9.55 Å². The molecular weight excluding hydrogens is 326 g/mol. The molecule has 8 nitrogen and oxygen atoms in total. The highest BCUT2D eigenvalue weighted by Gasteiger charge is 2.49. The fourth-order valence-electron chi connectivity index (χ4n) is 2.14. The number of hydrogen-bond acceptors (Lipinski definition) is 6. The van der Waals surface area contributed by atoms with E-state index < -0.39 is 49.2 Å². The normalized spacial score (nSPS) is 32.0. The summed E-state index contributed by atoms with van der Waals surface area (Å²) in [5, 5.41) is 9.60. The van der Waals surface area contributed by atoms with Crippen molar-refractivity contribution in [2.45, 2.75) is 37.6 Å². The molecule has 2 rings (SSSR count). The lowest BCUT2D eigenvalue weighted by molar-refractivity contribution is -0.0747. The molecule has 1 aliphatic rings. The van der Waals surface area contributed by atoms with Gasteiger partial charge in [-0.2, -0.15) is 0 Å². The zero-order chi connectivity index (χ0) is 15.7. The van der Waals surface area contributed by atoms with Crippen molar-refractivity contribution in [2.24, 2.45) is 0 Å². The van der Waals surface area contributed by atoms with Crippen LogP contribution < -0.4 is 11.2 Å². The third-order valence-corrected chi connectivity index (χ3v) is 3.83. The van der Waals surface area contributed by atoms with E-state index in [9.17, 15) is 23.7 Å². The predicted octanol–water partition coefficient (Wildman–Crippen LogP) is -0.142. The first-order chi connectivity index (χ1) is 9.81. The Balaban J connectivity index is 2.35. The number of aliphatic hydroxyl groups excluding tert-OH is 1. The smallest absolute Gasteiger partial charge is 0.330 e. The Hall–Kier alpha value is -0.930. The van der Waals surface area contributed by atoms with E-state index in [1.54, 1.807) is 0 Å². The molecule has 6 atom stereocenters. The van der Waals surface area contributed by atoms with E-state index in [0.717, 1.165) is 16.8 Å². The van der Waals surface area contributed by atoms with Crippen LogP contribution in [0.1, 0.15) is 13.2 Å². The van der Waals surface area contributed by atoms with Gasteiger partial charge in [-0.15, -0.1) is 0 Å². The van der Waals surface area contributed by atoms with Crippen molar-refractivity contribution in [3.63, 3.8) is 0 Å². The minimum absolute atomic E-state index is 0.634. The minimum Gasteiger partial charge on any atom is -0.391 e. The van der Waals surface area contributed by atoms with Crippen LogP contribution in [0, 0.1) is 0 Å². The van der Waals surface area contributed by atoms with Gasteiger partial charge in [-0.3, -0.25) is 18.9 Å². The molecule has 1 saturated heterocycles. The quantitative estimate of drug-likeness (QED) is 0.520. The Labute approximate surface area is 123 Å². The fourth-order valence-corrected chi connectivity index (χ4v) is 3.00. The zero-order valence-corrected chi connectivity index (χ0v) is 12.7. The molecule has 1 fully saturated rings. The summed E-state index contributed by atoms with van der Waals surface area (Å²) in [7, 11) is -2.77. The van der Waals surface area contributed by atoms with Crippen molar-refractivity contribution >= 4 is 19.5 Å². The number of aliphatic hydroxyl groups is 1. The van der Waals surface area contributed by atoms with Gasteiger partial charge in [-0.1, -0.05) is 12.2 Å². The highest BCUT2D eigenvalue weighted by Crippen LogP contribution is 2.40. The van der Waals surface area contributed by atoms with Crippen LogP contribution in [0.3, 0.4) is 0 Å². The molecule has 2 N–H and O–H groups in total. The number of ether oxygens (including phenoxy) is 1. The number of nitrogens with zero attached hydrogens (tertiary/aromatic N) is 1. The van der Waals surface area contributed by atoms with Crippen LogP contribution in [0.2, 0.25) is 0 Å².